The summed E-state index contributed by atoms with van der Waals surface area (Å²) in [6.07, 6.45) is 4.65. The fourth-order valence-electron chi connectivity index (χ4n) is 3.91. The van der Waals surface area contributed by atoms with E-state index >= 15 is 0 Å². The third kappa shape index (κ3) is 7.47. The fraction of sp³-hybridized carbons (Fsp3) is 0.448. The fourth-order valence-corrected chi connectivity index (χ4v) is 3.91. The van der Waals surface area contributed by atoms with E-state index in [2.05, 4.69) is 43.3 Å². The Morgan fingerprint density at radius 2 is 1.76 bits per heavy atom. The van der Waals surface area contributed by atoms with E-state index in [0.29, 0.717) is 19.7 Å². The molecule has 1 aliphatic rings. The average Bonchev–Trinajstić information content (AvgIpc) is 2.78. The van der Waals surface area contributed by atoms with Gasteiger partial charge in [-0.05, 0) is 76.8 Å². The van der Waals surface area contributed by atoms with Gasteiger partial charge in [0, 0.05) is 30.3 Å². The SMILES string of the molecule is C/C=C(/N=C(\CC)C1CN(C(=O)OC(C)(C)C)C1)c1ccc(OCCCc2ccccc2)cc1. The number of aliphatic imine (C=N–C) groups is 1. The number of rotatable bonds is 9. The van der Waals surface area contributed by atoms with Crippen molar-refractivity contribution in [3.8, 4) is 5.75 Å². The van der Waals surface area contributed by atoms with Gasteiger partial charge in [-0.1, -0.05) is 43.3 Å². The second kappa shape index (κ2) is 11.9. The van der Waals surface area contributed by atoms with Crippen molar-refractivity contribution in [2.24, 2.45) is 10.9 Å². The van der Waals surface area contributed by atoms with Crippen LogP contribution in [0, 0.1) is 5.92 Å². The van der Waals surface area contributed by atoms with Gasteiger partial charge in [0.2, 0.25) is 0 Å². The lowest BCUT2D eigenvalue weighted by Gasteiger charge is -2.40. The summed E-state index contributed by atoms with van der Waals surface area (Å²) in [7, 11) is 0. The van der Waals surface area contributed by atoms with E-state index in [1.54, 1.807) is 4.90 Å². The highest BCUT2D eigenvalue weighted by Gasteiger charge is 2.36. The van der Waals surface area contributed by atoms with Gasteiger partial charge in [-0.15, -0.1) is 0 Å². The normalized spacial score (nSPS) is 15.1. The molecule has 0 atom stereocenters. The Bertz CT molecular complexity index is 982. The van der Waals surface area contributed by atoms with Gasteiger partial charge >= 0.3 is 6.09 Å². The van der Waals surface area contributed by atoms with Gasteiger partial charge in [-0.3, -0.25) is 4.99 Å². The highest BCUT2D eigenvalue weighted by Crippen LogP contribution is 2.26. The van der Waals surface area contributed by atoms with Crippen LogP contribution in [0.2, 0.25) is 0 Å². The lowest BCUT2D eigenvalue weighted by molar-refractivity contribution is 0.00680. The molecule has 1 amide bonds. The van der Waals surface area contributed by atoms with Gasteiger partial charge in [0.1, 0.15) is 11.4 Å². The van der Waals surface area contributed by atoms with Crippen LogP contribution < -0.4 is 4.74 Å². The van der Waals surface area contributed by atoms with Gasteiger partial charge in [0.05, 0.1) is 12.3 Å². The standard InChI is InChI=1S/C29H38N2O3/c1-6-26(30-27(7-2)24-20-31(21-24)28(32)34-29(3,4)5)23-15-17-25(18-16-23)33-19-11-14-22-12-9-8-10-13-22/h6,8-10,12-13,15-18,24H,7,11,14,19-21H2,1-5H3/b26-6+,30-27+. The molecule has 0 spiro atoms. The summed E-state index contributed by atoms with van der Waals surface area (Å²) in [4.78, 5) is 19.0. The van der Waals surface area contributed by atoms with Crippen LogP contribution in [0.15, 0.2) is 65.7 Å². The van der Waals surface area contributed by atoms with Gasteiger partial charge in [0.25, 0.3) is 0 Å². The molecule has 0 bridgehead atoms. The maximum Gasteiger partial charge on any atom is 0.410 e. The number of benzene rings is 2. The van der Waals surface area contributed by atoms with Gasteiger partial charge in [0.15, 0.2) is 0 Å². The van der Waals surface area contributed by atoms with Crippen LogP contribution in [0.25, 0.3) is 5.70 Å². The van der Waals surface area contributed by atoms with Gasteiger partial charge in [-0.25, -0.2) is 4.79 Å². The van der Waals surface area contributed by atoms with Crippen LogP contribution in [0.1, 0.15) is 58.6 Å². The van der Waals surface area contributed by atoms with Crippen LogP contribution in [0.3, 0.4) is 0 Å². The number of carbonyl (C=O) groups is 1. The summed E-state index contributed by atoms with van der Waals surface area (Å²) in [6.45, 7) is 11.8. The predicted molar refractivity (Wildman–Crippen MR) is 139 cm³/mol. The molecule has 1 aliphatic heterocycles. The molecule has 1 fully saturated rings. The highest BCUT2D eigenvalue weighted by molar-refractivity contribution is 5.93. The van der Waals surface area contributed by atoms with Crippen molar-refractivity contribution >= 4 is 17.5 Å². The lowest BCUT2D eigenvalue weighted by atomic mass is 9.93. The van der Waals surface area contributed by atoms with Crippen LogP contribution in [-0.4, -0.2) is 42.0 Å². The predicted octanol–water partition coefficient (Wildman–Crippen LogP) is 6.78. The molecule has 0 saturated carbocycles. The van der Waals surface area contributed by atoms with E-state index in [0.717, 1.165) is 42.0 Å². The molecule has 1 heterocycles. The van der Waals surface area contributed by atoms with Crippen molar-refractivity contribution in [2.75, 3.05) is 19.7 Å². The molecule has 5 heteroatoms. The summed E-state index contributed by atoms with van der Waals surface area (Å²) < 4.78 is 11.4. The molecule has 1 saturated heterocycles. The van der Waals surface area contributed by atoms with Crippen LogP contribution >= 0.6 is 0 Å². The minimum absolute atomic E-state index is 0.246. The Kier molecular flexibility index (Phi) is 8.91. The molecule has 2 aromatic carbocycles. The number of allylic oxidation sites excluding steroid dienone is 1. The van der Waals surface area contributed by atoms with Gasteiger partial charge < -0.3 is 14.4 Å². The van der Waals surface area contributed by atoms with E-state index < -0.39 is 5.60 Å². The Morgan fingerprint density at radius 3 is 2.35 bits per heavy atom. The Balaban J connectivity index is 1.52. The molecular formula is C29H38N2O3. The van der Waals surface area contributed by atoms with Crippen LogP contribution in [-0.2, 0) is 11.2 Å². The van der Waals surface area contributed by atoms with Crippen LogP contribution in [0.5, 0.6) is 5.75 Å². The second-order valence-corrected chi connectivity index (χ2v) is 9.67. The molecular weight excluding hydrogens is 424 g/mol. The zero-order valence-corrected chi connectivity index (χ0v) is 21.2. The minimum Gasteiger partial charge on any atom is -0.494 e. The Hall–Kier alpha value is -3.08. The molecule has 0 unspecified atom stereocenters. The quantitative estimate of drug-likeness (QED) is 0.305. The first-order valence-electron chi connectivity index (χ1n) is 12.3. The van der Waals surface area contributed by atoms with E-state index in [-0.39, 0.29) is 12.0 Å². The van der Waals surface area contributed by atoms with Crippen molar-refractivity contribution in [3.63, 3.8) is 0 Å². The molecule has 0 aliphatic carbocycles. The lowest BCUT2D eigenvalue weighted by Crippen LogP contribution is -2.54. The molecule has 0 aromatic heterocycles. The Labute approximate surface area is 204 Å². The van der Waals surface area contributed by atoms with Crippen molar-refractivity contribution in [3.05, 3.63) is 71.8 Å². The number of hydrogen-bond acceptors (Lipinski definition) is 4. The van der Waals surface area contributed by atoms with E-state index in [4.69, 9.17) is 14.5 Å². The number of carbonyl (C=O) groups excluding carboxylic acids is 1. The van der Waals surface area contributed by atoms with Crippen LogP contribution in [0.4, 0.5) is 4.79 Å². The first-order chi connectivity index (χ1) is 16.3. The third-order valence-electron chi connectivity index (χ3n) is 5.78. The third-order valence-corrected chi connectivity index (χ3v) is 5.78. The number of likely N-dealkylation sites (tertiary alicyclic amines) is 1. The average molecular weight is 463 g/mol. The van der Waals surface area contributed by atoms with Crippen molar-refractivity contribution in [2.45, 2.75) is 59.5 Å². The van der Waals surface area contributed by atoms with E-state index in [1.165, 1.54) is 5.56 Å². The number of ether oxygens (including phenoxy) is 2. The van der Waals surface area contributed by atoms with Crippen molar-refractivity contribution in [1.29, 1.82) is 0 Å². The number of nitrogens with zero attached hydrogens (tertiary/aromatic N) is 2. The van der Waals surface area contributed by atoms with Gasteiger partial charge in [-0.2, -0.15) is 0 Å². The van der Waals surface area contributed by atoms with Crippen molar-refractivity contribution < 1.29 is 14.3 Å². The molecule has 2 aromatic rings. The summed E-state index contributed by atoms with van der Waals surface area (Å²) in [5.41, 5.74) is 4.00. The van der Waals surface area contributed by atoms with E-state index in [9.17, 15) is 4.79 Å². The first kappa shape index (κ1) is 25.5. The number of hydrogen-bond donors (Lipinski definition) is 0. The van der Waals surface area contributed by atoms with Crippen molar-refractivity contribution in [1.82, 2.24) is 4.90 Å². The number of aryl methyl sites for hydroxylation is 1. The maximum atomic E-state index is 12.2. The number of amides is 1. The maximum absolute atomic E-state index is 12.2. The monoisotopic (exact) mass is 462 g/mol. The minimum atomic E-state index is -0.472. The smallest absolute Gasteiger partial charge is 0.410 e. The Morgan fingerprint density at radius 1 is 1.09 bits per heavy atom. The summed E-state index contributed by atoms with van der Waals surface area (Å²) >= 11 is 0. The van der Waals surface area contributed by atoms with E-state index in [1.807, 2.05) is 52.0 Å². The topological polar surface area (TPSA) is 51.1 Å². The first-order valence-corrected chi connectivity index (χ1v) is 12.3. The zero-order chi connectivity index (χ0) is 24.6. The largest absolute Gasteiger partial charge is 0.494 e. The molecule has 3 rings (SSSR count). The summed E-state index contributed by atoms with van der Waals surface area (Å²) in [5, 5.41) is 0. The summed E-state index contributed by atoms with van der Waals surface area (Å²) in [6, 6.07) is 18.6. The highest BCUT2D eigenvalue weighted by atomic mass is 16.6. The molecule has 5 nitrogen and oxygen atoms in total. The molecule has 34 heavy (non-hydrogen) atoms. The molecule has 0 radical (unpaired) electrons. The summed E-state index contributed by atoms with van der Waals surface area (Å²) in [5.74, 6) is 1.15. The second-order valence-electron chi connectivity index (χ2n) is 9.67. The molecule has 182 valence electrons. The zero-order valence-electron chi connectivity index (χ0n) is 21.2. The molecule has 0 N–H and O–H groups in total.